The van der Waals surface area contributed by atoms with Crippen molar-refractivity contribution >= 4 is 10.9 Å². The molecule has 1 saturated heterocycles. The standard InChI is InChI=1S/C21H24N2O/c24-21(19-7-4-8-20-18(19)9-13-22-20)11-15-23(16-12-21)14-10-17-5-2-1-3-6-17/h1-9,13,22,24H,10-12,14-16H2. The van der Waals surface area contributed by atoms with Crippen LogP contribution < -0.4 is 0 Å². The molecule has 0 radical (unpaired) electrons. The van der Waals surface area contributed by atoms with E-state index in [0.717, 1.165) is 55.4 Å². The van der Waals surface area contributed by atoms with Crippen LogP contribution in [0, 0.1) is 0 Å². The molecule has 3 nitrogen and oxygen atoms in total. The van der Waals surface area contributed by atoms with Gasteiger partial charge in [0.05, 0.1) is 5.60 Å². The predicted molar refractivity (Wildman–Crippen MR) is 98.0 cm³/mol. The van der Waals surface area contributed by atoms with Gasteiger partial charge in [-0.25, -0.2) is 0 Å². The van der Waals surface area contributed by atoms with E-state index in [0.29, 0.717) is 0 Å². The molecule has 2 aromatic carbocycles. The summed E-state index contributed by atoms with van der Waals surface area (Å²) in [5.74, 6) is 0. The number of hydrogen-bond acceptors (Lipinski definition) is 2. The summed E-state index contributed by atoms with van der Waals surface area (Å²) in [6, 6.07) is 18.9. The van der Waals surface area contributed by atoms with Gasteiger partial charge in [-0.2, -0.15) is 0 Å². The first-order valence-electron chi connectivity index (χ1n) is 8.80. The number of aliphatic hydroxyl groups is 1. The van der Waals surface area contributed by atoms with Gasteiger partial charge in [0.25, 0.3) is 0 Å². The molecule has 1 aromatic heterocycles. The first-order valence-corrected chi connectivity index (χ1v) is 8.80. The Balaban J connectivity index is 1.42. The summed E-state index contributed by atoms with van der Waals surface area (Å²) in [6.45, 7) is 2.96. The SMILES string of the molecule is OC1(c2cccc3[nH]ccc23)CCN(CCc2ccccc2)CC1. The Morgan fingerprint density at radius 2 is 1.75 bits per heavy atom. The van der Waals surface area contributed by atoms with Crippen LogP contribution >= 0.6 is 0 Å². The van der Waals surface area contributed by atoms with Crippen LogP contribution in [0.15, 0.2) is 60.8 Å². The van der Waals surface area contributed by atoms with Gasteiger partial charge >= 0.3 is 0 Å². The summed E-state index contributed by atoms with van der Waals surface area (Å²) in [5.41, 5.74) is 2.86. The lowest BCUT2D eigenvalue weighted by Crippen LogP contribution is -2.43. The number of hydrogen-bond donors (Lipinski definition) is 2. The average molecular weight is 320 g/mol. The fraction of sp³-hybridized carbons (Fsp3) is 0.333. The predicted octanol–water partition coefficient (Wildman–Crippen LogP) is 3.69. The minimum atomic E-state index is -0.703. The van der Waals surface area contributed by atoms with Gasteiger partial charge in [-0.1, -0.05) is 42.5 Å². The van der Waals surface area contributed by atoms with Gasteiger partial charge in [0.15, 0.2) is 0 Å². The fourth-order valence-electron chi connectivity index (χ4n) is 3.84. The van der Waals surface area contributed by atoms with E-state index in [2.05, 4.69) is 58.4 Å². The van der Waals surface area contributed by atoms with Crippen molar-refractivity contribution in [1.82, 2.24) is 9.88 Å². The number of H-pyrrole nitrogens is 1. The van der Waals surface area contributed by atoms with E-state index in [9.17, 15) is 5.11 Å². The summed E-state index contributed by atoms with van der Waals surface area (Å²) in [6.07, 6.45) is 4.62. The van der Waals surface area contributed by atoms with Crippen LogP contribution in [0.2, 0.25) is 0 Å². The zero-order valence-electron chi connectivity index (χ0n) is 13.9. The lowest BCUT2D eigenvalue weighted by Gasteiger charge is -2.39. The minimum Gasteiger partial charge on any atom is -0.385 e. The molecule has 0 spiro atoms. The van der Waals surface area contributed by atoms with E-state index < -0.39 is 5.60 Å². The largest absolute Gasteiger partial charge is 0.385 e. The van der Waals surface area contributed by atoms with Gasteiger partial charge in [0, 0.05) is 36.7 Å². The molecule has 2 heterocycles. The van der Waals surface area contributed by atoms with Crippen molar-refractivity contribution in [2.45, 2.75) is 24.9 Å². The smallest absolute Gasteiger partial charge is 0.0927 e. The molecule has 4 rings (SSSR count). The lowest BCUT2D eigenvalue weighted by atomic mass is 9.82. The van der Waals surface area contributed by atoms with Gasteiger partial charge in [0.2, 0.25) is 0 Å². The van der Waals surface area contributed by atoms with Gasteiger partial charge in [0.1, 0.15) is 0 Å². The average Bonchev–Trinajstić information content (AvgIpc) is 3.11. The Labute approximate surface area is 142 Å². The number of nitrogens with zero attached hydrogens (tertiary/aromatic N) is 1. The fourth-order valence-corrected chi connectivity index (χ4v) is 3.84. The number of piperidine rings is 1. The van der Waals surface area contributed by atoms with E-state index in [-0.39, 0.29) is 0 Å². The molecule has 1 fully saturated rings. The molecular formula is C21H24N2O. The Kier molecular flexibility index (Phi) is 4.13. The van der Waals surface area contributed by atoms with Crippen molar-refractivity contribution in [2.24, 2.45) is 0 Å². The number of benzene rings is 2. The minimum absolute atomic E-state index is 0.703. The van der Waals surface area contributed by atoms with Crippen LogP contribution in [0.25, 0.3) is 10.9 Å². The topological polar surface area (TPSA) is 39.3 Å². The molecule has 0 unspecified atom stereocenters. The van der Waals surface area contributed by atoms with Crippen molar-refractivity contribution in [2.75, 3.05) is 19.6 Å². The molecule has 2 N–H and O–H groups in total. The maximum Gasteiger partial charge on any atom is 0.0927 e. The maximum absolute atomic E-state index is 11.2. The molecule has 3 aromatic rings. The quantitative estimate of drug-likeness (QED) is 0.769. The second kappa shape index (κ2) is 6.42. The number of fused-ring (bicyclic) bond motifs is 1. The van der Waals surface area contributed by atoms with Crippen LogP contribution in [0.1, 0.15) is 24.0 Å². The van der Waals surface area contributed by atoms with Crippen LogP contribution in [0.3, 0.4) is 0 Å². The highest BCUT2D eigenvalue weighted by molar-refractivity contribution is 5.83. The van der Waals surface area contributed by atoms with Gasteiger partial charge in [-0.15, -0.1) is 0 Å². The van der Waals surface area contributed by atoms with E-state index in [1.54, 1.807) is 0 Å². The van der Waals surface area contributed by atoms with Crippen LogP contribution in [0.4, 0.5) is 0 Å². The molecule has 3 heteroatoms. The van der Waals surface area contributed by atoms with Crippen LogP contribution in [-0.4, -0.2) is 34.6 Å². The maximum atomic E-state index is 11.2. The van der Waals surface area contributed by atoms with Crippen molar-refractivity contribution in [3.05, 3.63) is 71.9 Å². The van der Waals surface area contributed by atoms with Crippen molar-refractivity contribution in [3.8, 4) is 0 Å². The van der Waals surface area contributed by atoms with Gasteiger partial charge in [-0.05, 0) is 42.5 Å². The van der Waals surface area contributed by atoms with Gasteiger partial charge < -0.3 is 15.0 Å². The van der Waals surface area contributed by atoms with E-state index in [1.807, 2.05) is 12.3 Å². The molecular weight excluding hydrogens is 296 g/mol. The third-order valence-electron chi connectivity index (χ3n) is 5.34. The Hall–Kier alpha value is -2.10. The Morgan fingerprint density at radius 3 is 2.54 bits per heavy atom. The summed E-state index contributed by atoms with van der Waals surface area (Å²) in [4.78, 5) is 5.71. The lowest BCUT2D eigenvalue weighted by molar-refractivity contribution is -0.0243. The molecule has 1 aliphatic rings. The molecule has 0 atom stereocenters. The Morgan fingerprint density at radius 1 is 0.958 bits per heavy atom. The van der Waals surface area contributed by atoms with Crippen molar-refractivity contribution in [3.63, 3.8) is 0 Å². The van der Waals surface area contributed by atoms with Crippen LogP contribution in [-0.2, 0) is 12.0 Å². The summed E-state index contributed by atoms with van der Waals surface area (Å²) >= 11 is 0. The molecule has 1 aliphatic heterocycles. The number of aromatic amines is 1. The Bertz CT molecular complexity index is 801. The summed E-state index contributed by atoms with van der Waals surface area (Å²) in [7, 11) is 0. The third-order valence-corrected chi connectivity index (χ3v) is 5.34. The summed E-state index contributed by atoms with van der Waals surface area (Å²) in [5, 5.41) is 12.4. The first-order chi connectivity index (χ1) is 11.7. The van der Waals surface area contributed by atoms with E-state index in [4.69, 9.17) is 0 Å². The number of nitrogens with one attached hydrogen (secondary N) is 1. The molecule has 0 aliphatic carbocycles. The molecule has 124 valence electrons. The van der Waals surface area contributed by atoms with Crippen molar-refractivity contribution in [1.29, 1.82) is 0 Å². The second-order valence-corrected chi connectivity index (χ2v) is 6.85. The monoisotopic (exact) mass is 320 g/mol. The van der Waals surface area contributed by atoms with E-state index >= 15 is 0 Å². The van der Waals surface area contributed by atoms with Gasteiger partial charge in [-0.3, -0.25) is 0 Å². The molecule has 24 heavy (non-hydrogen) atoms. The second-order valence-electron chi connectivity index (χ2n) is 6.85. The highest BCUT2D eigenvalue weighted by atomic mass is 16.3. The number of aromatic nitrogens is 1. The van der Waals surface area contributed by atoms with Crippen LogP contribution in [0.5, 0.6) is 0 Å². The molecule has 0 bridgehead atoms. The normalized spacial score (nSPS) is 18.0. The summed E-state index contributed by atoms with van der Waals surface area (Å²) < 4.78 is 0. The van der Waals surface area contributed by atoms with Crippen molar-refractivity contribution < 1.29 is 5.11 Å². The van der Waals surface area contributed by atoms with E-state index in [1.165, 1.54) is 5.56 Å². The highest BCUT2D eigenvalue weighted by Gasteiger charge is 2.35. The highest BCUT2D eigenvalue weighted by Crippen LogP contribution is 2.36. The number of likely N-dealkylation sites (tertiary alicyclic amines) is 1. The first kappa shape index (κ1) is 15.4. The zero-order valence-corrected chi connectivity index (χ0v) is 13.9. The molecule has 0 amide bonds. The number of rotatable bonds is 4. The zero-order chi connectivity index (χ0) is 16.4. The molecule has 0 saturated carbocycles. The third kappa shape index (κ3) is 2.97.